The lowest BCUT2D eigenvalue weighted by molar-refractivity contribution is 0.236. The summed E-state index contributed by atoms with van der Waals surface area (Å²) in [6.07, 6.45) is 5.34. The molecule has 0 saturated carbocycles. The van der Waals surface area contributed by atoms with E-state index >= 15 is 0 Å². The first-order chi connectivity index (χ1) is 15.1. The lowest BCUT2D eigenvalue weighted by Gasteiger charge is -2.25. The van der Waals surface area contributed by atoms with E-state index in [1.54, 1.807) is 42.1 Å². The summed E-state index contributed by atoms with van der Waals surface area (Å²) in [6, 6.07) is 20.1. The SMILES string of the molecule is N#Cc1cccc(-c2ccc(C3=NC(Cn4ccnc4)(c4ccc(F)cc4)CO3)s2)c1. The molecule has 31 heavy (non-hydrogen) atoms. The molecule has 3 heterocycles. The van der Waals surface area contributed by atoms with Crippen molar-refractivity contribution in [1.29, 1.82) is 5.26 Å². The van der Waals surface area contributed by atoms with Gasteiger partial charge in [-0.25, -0.2) is 14.4 Å². The molecule has 1 aliphatic heterocycles. The molecule has 1 atom stereocenters. The van der Waals surface area contributed by atoms with Gasteiger partial charge >= 0.3 is 0 Å². The van der Waals surface area contributed by atoms with Gasteiger partial charge in [0.2, 0.25) is 5.90 Å². The third-order valence-electron chi connectivity index (χ3n) is 5.24. The monoisotopic (exact) mass is 428 g/mol. The van der Waals surface area contributed by atoms with E-state index in [4.69, 9.17) is 15.0 Å². The summed E-state index contributed by atoms with van der Waals surface area (Å²) < 4.78 is 21.5. The highest BCUT2D eigenvalue weighted by Crippen LogP contribution is 2.37. The molecule has 5 rings (SSSR count). The molecule has 2 aromatic heterocycles. The van der Waals surface area contributed by atoms with Gasteiger partial charge in [0, 0.05) is 17.3 Å². The number of nitrogens with zero attached hydrogens (tertiary/aromatic N) is 4. The molecule has 0 radical (unpaired) electrons. The Kier molecular flexibility index (Phi) is 4.85. The number of nitriles is 1. The maximum Gasteiger partial charge on any atom is 0.227 e. The zero-order chi connectivity index (χ0) is 21.3. The van der Waals surface area contributed by atoms with Gasteiger partial charge < -0.3 is 9.30 Å². The van der Waals surface area contributed by atoms with Gasteiger partial charge in [0.05, 0.1) is 29.4 Å². The second-order valence-corrected chi connectivity index (χ2v) is 8.42. The predicted octanol–water partition coefficient (Wildman–Crippen LogP) is 4.99. The molecule has 0 bridgehead atoms. The molecule has 0 N–H and O–H groups in total. The standard InChI is InChI=1S/C24H17FN4OS/c25-20-6-4-19(5-7-20)24(14-29-11-10-27-16-29)15-30-23(28-24)22-9-8-21(31-22)18-3-1-2-17(12-18)13-26/h1-12,16H,14-15H2. The van der Waals surface area contributed by atoms with Crippen molar-refractivity contribution in [2.45, 2.75) is 12.1 Å². The van der Waals surface area contributed by atoms with Crippen LogP contribution in [0.25, 0.3) is 10.4 Å². The number of aromatic nitrogens is 2. The summed E-state index contributed by atoms with van der Waals surface area (Å²) in [5, 5.41) is 9.16. The highest BCUT2D eigenvalue weighted by atomic mass is 32.1. The average molecular weight is 428 g/mol. The summed E-state index contributed by atoms with van der Waals surface area (Å²) in [4.78, 5) is 11.1. The van der Waals surface area contributed by atoms with Crippen LogP contribution < -0.4 is 0 Å². The van der Waals surface area contributed by atoms with Gasteiger partial charge in [0.1, 0.15) is 18.0 Å². The number of imidazole rings is 1. The largest absolute Gasteiger partial charge is 0.474 e. The molecule has 7 heteroatoms. The van der Waals surface area contributed by atoms with Crippen LogP contribution in [0.3, 0.4) is 0 Å². The first-order valence-corrected chi connectivity index (χ1v) is 10.5. The smallest absolute Gasteiger partial charge is 0.227 e. The Balaban J connectivity index is 1.51. The summed E-state index contributed by atoms with van der Waals surface area (Å²) in [5.74, 6) is 0.282. The van der Waals surface area contributed by atoms with Crippen LogP contribution in [0.15, 0.2) is 84.4 Å². The lowest BCUT2D eigenvalue weighted by Crippen LogP contribution is -2.31. The van der Waals surface area contributed by atoms with E-state index in [1.807, 2.05) is 41.1 Å². The van der Waals surface area contributed by atoms with E-state index in [0.29, 0.717) is 24.6 Å². The molecule has 0 aliphatic carbocycles. The average Bonchev–Trinajstić information content (AvgIpc) is 3.56. The van der Waals surface area contributed by atoms with Gasteiger partial charge in [-0.1, -0.05) is 24.3 Å². The molecular weight excluding hydrogens is 411 g/mol. The number of hydrogen-bond acceptors (Lipinski definition) is 5. The second-order valence-electron chi connectivity index (χ2n) is 7.34. The van der Waals surface area contributed by atoms with Gasteiger partial charge in [0.15, 0.2) is 0 Å². The zero-order valence-corrected chi connectivity index (χ0v) is 17.2. The third kappa shape index (κ3) is 3.74. The number of halogens is 1. The Hall–Kier alpha value is -3.76. The Morgan fingerprint density at radius 3 is 2.74 bits per heavy atom. The molecule has 4 aromatic rings. The van der Waals surface area contributed by atoms with E-state index in [1.165, 1.54) is 12.1 Å². The van der Waals surface area contributed by atoms with E-state index in [0.717, 1.165) is 20.9 Å². The number of ether oxygens (including phenoxy) is 1. The topological polar surface area (TPSA) is 63.2 Å². The molecule has 1 aliphatic rings. The first-order valence-electron chi connectivity index (χ1n) is 9.70. The Morgan fingerprint density at radius 1 is 1.13 bits per heavy atom. The maximum absolute atomic E-state index is 13.5. The van der Waals surface area contributed by atoms with E-state index in [9.17, 15) is 4.39 Å². The van der Waals surface area contributed by atoms with Gasteiger partial charge in [-0.05, 0) is 47.5 Å². The van der Waals surface area contributed by atoms with E-state index < -0.39 is 5.54 Å². The van der Waals surface area contributed by atoms with E-state index in [-0.39, 0.29) is 5.82 Å². The van der Waals surface area contributed by atoms with Crippen molar-refractivity contribution in [2.75, 3.05) is 6.61 Å². The fourth-order valence-corrected chi connectivity index (χ4v) is 4.63. The normalized spacial score (nSPS) is 17.7. The number of hydrogen-bond donors (Lipinski definition) is 0. The van der Waals surface area contributed by atoms with Crippen LogP contribution in [0.1, 0.15) is 16.0 Å². The fourth-order valence-electron chi connectivity index (χ4n) is 3.69. The molecule has 0 saturated heterocycles. The fraction of sp³-hybridized carbons (Fsp3) is 0.125. The summed E-state index contributed by atoms with van der Waals surface area (Å²) >= 11 is 1.56. The molecular formula is C24H17FN4OS. The number of aliphatic imine (C=N–C) groups is 1. The molecule has 1 unspecified atom stereocenters. The van der Waals surface area contributed by atoms with Gasteiger partial charge in [-0.3, -0.25) is 0 Å². The Labute approximate surface area is 182 Å². The van der Waals surface area contributed by atoms with Crippen molar-refractivity contribution in [3.05, 3.63) is 101 Å². The van der Waals surface area contributed by atoms with Crippen molar-refractivity contribution in [2.24, 2.45) is 4.99 Å². The van der Waals surface area contributed by atoms with Crippen LogP contribution in [0.4, 0.5) is 4.39 Å². The van der Waals surface area contributed by atoms with Crippen LogP contribution in [0, 0.1) is 17.1 Å². The molecule has 0 amide bonds. The second kappa shape index (κ2) is 7.82. The third-order valence-corrected chi connectivity index (χ3v) is 6.36. The van der Waals surface area contributed by atoms with Crippen LogP contribution in [-0.4, -0.2) is 22.1 Å². The minimum atomic E-state index is -0.672. The predicted molar refractivity (Wildman–Crippen MR) is 117 cm³/mol. The molecule has 152 valence electrons. The van der Waals surface area contributed by atoms with Gasteiger partial charge in [0.25, 0.3) is 0 Å². The van der Waals surface area contributed by atoms with Gasteiger partial charge in [-0.2, -0.15) is 5.26 Å². The van der Waals surface area contributed by atoms with Crippen molar-refractivity contribution in [3.8, 4) is 16.5 Å². The zero-order valence-electron chi connectivity index (χ0n) is 16.4. The molecule has 0 fully saturated rings. The van der Waals surface area contributed by atoms with Gasteiger partial charge in [-0.15, -0.1) is 11.3 Å². The van der Waals surface area contributed by atoms with Crippen molar-refractivity contribution < 1.29 is 9.13 Å². The Morgan fingerprint density at radius 2 is 1.97 bits per heavy atom. The minimum Gasteiger partial charge on any atom is -0.474 e. The maximum atomic E-state index is 13.5. The number of rotatable bonds is 5. The van der Waals surface area contributed by atoms with Crippen LogP contribution in [0.2, 0.25) is 0 Å². The van der Waals surface area contributed by atoms with E-state index in [2.05, 4.69) is 11.1 Å². The van der Waals surface area contributed by atoms with Crippen molar-refractivity contribution in [3.63, 3.8) is 0 Å². The van der Waals surface area contributed by atoms with Crippen LogP contribution >= 0.6 is 11.3 Å². The lowest BCUT2D eigenvalue weighted by atomic mass is 9.91. The van der Waals surface area contributed by atoms with Crippen LogP contribution in [-0.2, 0) is 16.8 Å². The Bertz CT molecular complexity index is 1290. The van der Waals surface area contributed by atoms with Crippen molar-refractivity contribution >= 4 is 17.2 Å². The van der Waals surface area contributed by atoms with Crippen molar-refractivity contribution in [1.82, 2.24) is 9.55 Å². The first kappa shape index (κ1) is 19.2. The summed E-state index contributed by atoms with van der Waals surface area (Å²) in [5.41, 5.74) is 1.82. The quantitative estimate of drug-likeness (QED) is 0.450. The highest BCUT2D eigenvalue weighted by Gasteiger charge is 2.39. The summed E-state index contributed by atoms with van der Waals surface area (Å²) in [7, 11) is 0. The molecule has 5 nitrogen and oxygen atoms in total. The number of benzene rings is 2. The highest BCUT2D eigenvalue weighted by molar-refractivity contribution is 7.17. The van der Waals surface area contributed by atoms with Crippen LogP contribution in [0.5, 0.6) is 0 Å². The summed E-state index contributed by atoms with van der Waals surface area (Å²) in [6.45, 7) is 0.883. The minimum absolute atomic E-state index is 0.285. The molecule has 0 spiro atoms. The molecule has 2 aromatic carbocycles. The number of thiophene rings is 1.